The van der Waals surface area contributed by atoms with Gasteiger partial charge in [0.15, 0.2) is 0 Å². The first-order chi connectivity index (χ1) is 11.2. The molecule has 1 fully saturated rings. The monoisotopic (exact) mass is 313 g/mol. The van der Waals surface area contributed by atoms with Crippen LogP contribution in [0, 0.1) is 5.92 Å². The molecule has 1 aromatic carbocycles. The summed E-state index contributed by atoms with van der Waals surface area (Å²) in [4.78, 5) is 17.7. The number of nitrogens with one attached hydrogen (secondary N) is 2. The first kappa shape index (κ1) is 16.1. The Morgan fingerprint density at radius 3 is 2.91 bits per heavy atom. The van der Waals surface area contributed by atoms with Crippen LogP contribution < -0.4 is 5.32 Å². The standard InChI is InChI=1S/C19H27N3O/c1-15-7-11-22(12-8-15)13-9-19(23)20-10-6-16-14-21-18-5-3-2-4-17(16)18/h2-5,14-15,21H,6-13H2,1H3,(H,20,23). The van der Waals surface area contributed by atoms with E-state index in [0.29, 0.717) is 13.0 Å². The van der Waals surface area contributed by atoms with Crippen molar-refractivity contribution in [3.63, 3.8) is 0 Å². The third kappa shape index (κ3) is 4.35. The molecule has 2 N–H and O–H groups in total. The van der Waals surface area contributed by atoms with Crippen LogP contribution in [0.15, 0.2) is 30.5 Å². The lowest BCUT2D eigenvalue weighted by molar-refractivity contribution is -0.121. The second-order valence-corrected chi connectivity index (χ2v) is 6.73. The third-order valence-electron chi connectivity index (χ3n) is 4.92. The van der Waals surface area contributed by atoms with Crippen LogP contribution in [0.2, 0.25) is 0 Å². The van der Waals surface area contributed by atoms with E-state index in [-0.39, 0.29) is 5.91 Å². The van der Waals surface area contributed by atoms with E-state index in [2.05, 4.69) is 40.3 Å². The Morgan fingerprint density at radius 2 is 2.09 bits per heavy atom. The molecular weight excluding hydrogens is 286 g/mol. The van der Waals surface area contributed by atoms with Crippen molar-refractivity contribution in [1.82, 2.24) is 15.2 Å². The molecule has 1 amide bonds. The maximum Gasteiger partial charge on any atom is 0.221 e. The topological polar surface area (TPSA) is 48.1 Å². The van der Waals surface area contributed by atoms with Gasteiger partial charge in [-0.2, -0.15) is 0 Å². The van der Waals surface area contributed by atoms with E-state index in [9.17, 15) is 4.79 Å². The Labute approximate surface area is 138 Å². The smallest absolute Gasteiger partial charge is 0.221 e. The molecule has 1 saturated heterocycles. The van der Waals surface area contributed by atoms with Gasteiger partial charge in [0.1, 0.15) is 0 Å². The number of carbonyl (C=O) groups excluding carboxylic acids is 1. The summed E-state index contributed by atoms with van der Waals surface area (Å²) in [6.45, 7) is 6.20. The van der Waals surface area contributed by atoms with Gasteiger partial charge in [0.2, 0.25) is 5.91 Å². The van der Waals surface area contributed by atoms with Crippen molar-refractivity contribution in [1.29, 1.82) is 0 Å². The van der Waals surface area contributed by atoms with Crippen molar-refractivity contribution >= 4 is 16.8 Å². The van der Waals surface area contributed by atoms with Crippen LogP contribution in [0.1, 0.15) is 31.7 Å². The summed E-state index contributed by atoms with van der Waals surface area (Å²) in [5.74, 6) is 1.01. The molecule has 0 aliphatic carbocycles. The summed E-state index contributed by atoms with van der Waals surface area (Å²) < 4.78 is 0. The van der Waals surface area contributed by atoms with E-state index < -0.39 is 0 Å². The molecule has 2 aromatic rings. The zero-order chi connectivity index (χ0) is 16.1. The molecule has 0 atom stereocenters. The third-order valence-corrected chi connectivity index (χ3v) is 4.92. The van der Waals surface area contributed by atoms with Crippen LogP contribution in [0.25, 0.3) is 10.9 Å². The Balaban J connectivity index is 1.38. The molecule has 0 unspecified atom stereocenters. The highest BCUT2D eigenvalue weighted by Crippen LogP contribution is 2.18. The molecule has 1 aromatic heterocycles. The van der Waals surface area contributed by atoms with Crippen molar-refractivity contribution in [2.45, 2.75) is 32.6 Å². The fourth-order valence-corrected chi connectivity index (χ4v) is 3.31. The van der Waals surface area contributed by atoms with Crippen LogP contribution in [0.4, 0.5) is 0 Å². The molecular formula is C19H27N3O. The fraction of sp³-hybridized carbons (Fsp3) is 0.526. The molecule has 4 nitrogen and oxygen atoms in total. The molecule has 124 valence electrons. The van der Waals surface area contributed by atoms with E-state index in [1.54, 1.807) is 0 Å². The van der Waals surface area contributed by atoms with Crippen LogP contribution in [0.3, 0.4) is 0 Å². The minimum Gasteiger partial charge on any atom is -0.361 e. The van der Waals surface area contributed by atoms with Gasteiger partial charge < -0.3 is 15.2 Å². The van der Waals surface area contributed by atoms with Gasteiger partial charge in [0.25, 0.3) is 0 Å². The highest BCUT2D eigenvalue weighted by Gasteiger charge is 2.16. The summed E-state index contributed by atoms with van der Waals surface area (Å²) >= 11 is 0. The maximum atomic E-state index is 12.0. The summed E-state index contributed by atoms with van der Waals surface area (Å²) in [6.07, 6.45) is 6.06. The number of amides is 1. The average molecular weight is 313 g/mol. The summed E-state index contributed by atoms with van der Waals surface area (Å²) in [5.41, 5.74) is 2.43. The number of H-pyrrole nitrogens is 1. The van der Waals surface area contributed by atoms with E-state index in [0.717, 1.165) is 37.5 Å². The maximum absolute atomic E-state index is 12.0. The molecule has 4 heteroatoms. The van der Waals surface area contributed by atoms with Crippen molar-refractivity contribution in [2.75, 3.05) is 26.2 Å². The van der Waals surface area contributed by atoms with Crippen molar-refractivity contribution in [3.8, 4) is 0 Å². The summed E-state index contributed by atoms with van der Waals surface area (Å²) in [5, 5.41) is 4.31. The number of aromatic amines is 1. The number of hydrogen-bond donors (Lipinski definition) is 2. The van der Waals surface area contributed by atoms with Crippen molar-refractivity contribution in [3.05, 3.63) is 36.0 Å². The number of carbonyl (C=O) groups is 1. The first-order valence-electron chi connectivity index (χ1n) is 8.76. The number of para-hydroxylation sites is 1. The molecule has 2 heterocycles. The SMILES string of the molecule is CC1CCN(CCC(=O)NCCc2c[nH]c3ccccc23)CC1. The molecule has 3 rings (SSSR count). The number of rotatable bonds is 6. The minimum atomic E-state index is 0.170. The number of nitrogens with zero attached hydrogens (tertiary/aromatic N) is 1. The molecule has 23 heavy (non-hydrogen) atoms. The molecule has 0 saturated carbocycles. The number of hydrogen-bond acceptors (Lipinski definition) is 2. The van der Waals surface area contributed by atoms with Crippen LogP contribution in [-0.4, -0.2) is 42.0 Å². The van der Waals surface area contributed by atoms with E-state index in [1.807, 2.05) is 12.3 Å². The highest BCUT2D eigenvalue weighted by atomic mass is 16.1. The van der Waals surface area contributed by atoms with Crippen LogP contribution >= 0.6 is 0 Å². The molecule has 0 spiro atoms. The highest BCUT2D eigenvalue weighted by molar-refractivity contribution is 5.83. The predicted molar refractivity (Wildman–Crippen MR) is 94.5 cm³/mol. The van der Waals surface area contributed by atoms with Gasteiger partial charge in [-0.3, -0.25) is 4.79 Å². The fourth-order valence-electron chi connectivity index (χ4n) is 3.31. The van der Waals surface area contributed by atoms with E-state index in [4.69, 9.17) is 0 Å². The van der Waals surface area contributed by atoms with Crippen LogP contribution in [0.5, 0.6) is 0 Å². The predicted octanol–water partition coefficient (Wildman–Crippen LogP) is 2.95. The van der Waals surface area contributed by atoms with Gasteiger partial charge in [-0.25, -0.2) is 0 Å². The molecule has 1 aliphatic rings. The Hall–Kier alpha value is -1.81. The normalized spacial score (nSPS) is 16.7. The zero-order valence-electron chi connectivity index (χ0n) is 14.0. The Morgan fingerprint density at radius 1 is 1.30 bits per heavy atom. The number of piperidine rings is 1. The minimum absolute atomic E-state index is 0.170. The van der Waals surface area contributed by atoms with Gasteiger partial charge in [-0.05, 0) is 49.9 Å². The van der Waals surface area contributed by atoms with Crippen LogP contribution in [-0.2, 0) is 11.2 Å². The molecule has 1 aliphatic heterocycles. The second kappa shape index (κ2) is 7.64. The average Bonchev–Trinajstić information content (AvgIpc) is 2.98. The first-order valence-corrected chi connectivity index (χ1v) is 8.76. The summed E-state index contributed by atoms with van der Waals surface area (Å²) in [7, 11) is 0. The largest absolute Gasteiger partial charge is 0.361 e. The van der Waals surface area contributed by atoms with Gasteiger partial charge in [-0.1, -0.05) is 25.1 Å². The van der Waals surface area contributed by atoms with Gasteiger partial charge >= 0.3 is 0 Å². The Bertz CT molecular complexity index is 641. The Kier molecular flexibility index (Phi) is 5.34. The number of fused-ring (bicyclic) bond motifs is 1. The summed E-state index contributed by atoms with van der Waals surface area (Å²) in [6, 6.07) is 8.29. The lowest BCUT2D eigenvalue weighted by Gasteiger charge is -2.29. The van der Waals surface area contributed by atoms with Crippen molar-refractivity contribution in [2.24, 2.45) is 5.92 Å². The molecule has 0 radical (unpaired) electrons. The lowest BCUT2D eigenvalue weighted by Crippen LogP contribution is -2.36. The van der Waals surface area contributed by atoms with Gasteiger partial charge in [0, 0.05) is 36.6 Å². The van der Waals surface area contributed by atoms with E-state index >= 15 is 0 Å². The zero-order valence-corrected chi connectivity index (χ0v) is 14.0. The number of aromatic nitrogens is 1. The molecule has 0 bridgehead atoms. The quantitative estimate of drug-likeness (QED) is 0.861. The van der Waals surface area contributed by atoms with E-state index in [1.165, 1.54) is 23.8 Å². The lowest BCUT2D eigenvalue weighted by atomic mass is 9.99. The second-order valence-electron chi connectivity index (χ2n) is 6.73. The number of likely N-dealkylation sites (tertiary alicyclic amines) is 1. The number of benzene rings is 1. The van der Waals surface area contributed by atoms with Gasteiger partial charge in [-0.15, -0.1) is 0 Å². The van der Waals surface area contributed by atoms with Crippen molar-refractivity contribution < 1.29 is 4.79 Å². The van der Waals surface area contributed by atoms with Gasteiger partial charge in [0.05, 0.1) is 0 Å².